The van der Waals surface area contributed by atoms with Gasteiger partial charge in [-0.3, -0.25) is 0 Å². The highest BCUT2D eigenvalue weighted by Gasteiger charge is 2.59. The molecule has 2 N–H and O–H groups in total. The number of nitrogen functional groups attached to an aromatic ring is 1. The van der Waals surface area contributed by atoms with E-state index in [0.717, 1.165) is 35.1 Å². The molecule has 2 aliphatic rings. The van der Waals surface area contributed by atoms with Crippen molar-refractivity contribution in [2.75, 3.05) is 5.73 Å². The highest BCUT2D eigenvalue weighted by Crippen LogP contribution is 2.55. The number of rotatable bonds is 4. The molecule has 0 bridgehead atoms. The van der Waals surface area contributed by atoms with Crippen LogP contribution in [-0.4, -0.2) is 37.5 Å². The number of anilines is 1. The molecule has 0 amide bonds. The van der Waals surface area contributed by atoms with E-state index in [0.29, 0.717) is 17.3 Å². The fourth-order valence-corrected chi connectivity index (χ4v) is 6.19. The van der Waals surface area contributed by atoms with Gasteiger partial charge in [-0.25, -0.2) is 19.3 Å². The third-order valence-corrected chi connectivity index (χ3v) is 8.15. The molecule has 0 unspecified atom stereocenters. The molecule has 3 aromatic heterocycles. The standard InChI is InChI=1S/C27H29ClFN5O2/c1-14-16-6-8-34(25(16)32-13-31-14)21-12-27(4,23-22(21)35-26(2,3)36-23)7-5-15-9-19(29)17-11-18(28)24(30)33-20(17)10-15/h6,8-11,13,21-23H,5,7,12H2,1-4H3,(H2,30,33)/t21-,22+,23+,27+/m1/s1. The number of aryl methyl sites for hydroxylation is 2. The average Bonchev–Trinajstić information content (AvgIpc) is 3.46. The summed E-state index contributed by atoms with van der Waals surface area (Å²) >= 11 is 6.05. The van der Waals surface area contributed by atoms with E-state index >= 15 is 0 Å². The predicted molar refractivity (Wildman–Crippen MR) is 137 cm³/mol. The number of benzene rings is 1. The van der Waals surface area contributed by atoms with Gasteiger partial charge in [-0.05, 0) is 75.3 Å². The molecule has 7 nitrogen and oxygen atoms in total. The molecular weight excluding hydrogens is 481 g/mol. The van der Waals surface area contributed by atoms with Crippen LogP contribution in [-0.2, 0) is 15.9 Å². The fraction of sp³-hybridized carbons (Fsp3) is 0.444. The lowest BCUT2D eigenvalue weighted by molar-refractivity contribution is -0.168. The number of nitrogens with two attached hydrogens (primary N) is 1. The monoisotopic (exact) mass is 509 g/mol. The first-order valence-electron chi connectivity index (χ1n) is 12.2. The second-order valence-electron chi connectivity index (χ2n) is 10.9. The quantitative estimate of drug-likeness (QED) is 0.376. The van der Waals surface area contributed by atoms with Gasteiger partial charge >= 0.3 is 0 Å². The smallest absolute Gasteiger partial charge is 0.163 e. The number of hydrogen-bond donors (Lipinski definition) is 1. The Bertz CT molecular complexity index is 1500. The summed E-state index contributed by atoms with van der Waals surface area (Å²) in [4.78, 5) is 13.2. The van der Waals surface area contributed by atoms with Crippen molar-refractivity contribution in [3.63, 3.8) is 0 Å². The van der Waals surface area contributed by atoms with E-state index in [9.17, 15) is 4.39 Å². The summed E-state index contributed by atoms with van der Waals surface area (Å²) in [6, 6.07) is 7.13. The minimum Gasteiger partial charge on any atom is -0.382 e. The second kappa shape index (κ2) is 8.10. The van der Waals surface area contributed by atoms with Crippen LogP contribution in [0.1, 0.15) is 50.9 Å². The van der Waals surface area contributed by atoms with Gasteiger partial charge in [0.25, 0.3) is 0 Å². The molecule has 188 valence electrons. The molecule has 36 heavy (non-hydrogen) atoms. The van der Waals surface area contributed by atoms with E-state index in [1.807, 2.05) is 26.8 Å². The Hall–Kier alpha value is -2.81. The Kier molecular flexibility index (Phi) is 5.30. The van der Waals surface area contributed by atoms with Gasteiger partial charge in [-0.1, -0.05) is 18.5 Å². The topological polar surface area (TPSA) is 88.1 Å². The summed E-state index contributed by atoms with van der Waals surface area (Å²) in [6.45, 7) is 8.16. The SMILES string of the molecule is Cc1ncnc2c1ccn2[C@@H]1C[C@](C)(CCc2cc(F)c3cc(Cl)c(N)nc3c2)[C@H]2OC(C)(C)O[C@@H]12. The van der Waals surface area contributed by atoms with Gasteiger partial charge in [0.05, 0.1) is 28.4 Å². The van der Waals surface area contributed by atoms with E-state index in [2.05, 4.69) is 38.7 Å². The Morgan fingerprint density at radius 2 is 1.97 bits per heavy atom. The highest BCUT2D eigenvalue weighted by atomic mass is 35.5. The molecule has 2 fully saturated rings. The van der Waals surface area contributed by atoms with Crippen molar-refractivity contribution in [2.45, 2.75) is 71.0 Å². The summed E-state index contributed by atoms with van der Waals surface area (Å²) in [7, 11) is 0. The van der Waals surface area contributed by atoms with Gasteiger partial charge in [0.15, 0.2) is 5.79 Å². The Morgan fingerprint density at radius 3 is 2.78 bits per heavy atom. The zero-order valence-corrected chi connectivity index (χ0v) is 21.5. The molecule has 4 aromatic rings. The van der Waals surface area contributed by atoms with Gasteiger partial charge in [-0.15, -0.1) is 0 Å². The van der Waals surface area contributed by atoms with Crippen LogP contribution in [0.4, 0.5) is 10.2 Å². The maximum absolute atomic E-state index is 14.9. The summed E-state index contributed by atoms with van der Waals surface area (Å²) in [5, 5.41) is 1.67. The number of halogens is 2. The van der Waals surface area contributed by atoms with E-state index in [1.165, 1.54) is 6.07 Å². The van der Waals surface area contributed by atoms with Crippen LogP contribution in [0.5, 0.6) is 0 Å². The molecule has 1 aliphatic heterocycles. The fourth-order valence-electron chi connectivity index (χ4n) is 6.04. The number of fused-ring (bicyclic) bond motifs is 3. The minimum atomic E-state index is -0.682. The minimum absolute atomic E-state index is 0.0607. The first-order chi connectivity index (χ1) is 17.0. The number of ether oxygens (including phenoxy) is 2. The van der Waals surface area contributed by atoms with Crippen LogP contribution in [0.3, 0.4) is 0 Å². The van der Waals surface area contributed by atoms with Crippen molar-refractivity contribution in [1.82, 2.24) is 19.5 Å². The molecule has 0 radical (unpaired) electrons. The number of hydrogen-bond acceptors (Lipinski definition) is 6. The van der Waals surface area contributed by atoms with E-state index in [-0.39, 0.29) is 40.3 Å². The molecule has 1 aliphatic carbocycles. The summed E-state index contributed by atoms with van der Waals surface area (Å²) in [6.07, 6.45) is 5.78. The number of nitrogens with zero attached hydrogens (tertiary/aromatic N) is 4. The third kappa shape index (κ3) is 3.74. The first-order valence-corrected chi connectivity index (χ1v) is 12.6. The normalized spacial score (nSPS) is 27.2. The Balaban J connectivity index is 1.32. The summed E-state index contributed by atoms with van der Waals surface area (Å²) in [5.41, 5.74) is 8.90. The Labute approximate surface area is 213 Å². The molecule has 1 saturated carbocycles. The van der Waals surface area contributed by atoms with Crippen LogP contribution < -0.4 is 5.73 Å². The average molecular weight is 510 g/mol. The molecule has 1 aromatic carbocycles. The van der Waals surface area contributed by atoms with E-state index in [4.69, 9.17) is 26.8 Å². The van der Waals surface area contributed by atoms with E-state index < -0.39 is 5.79 Å². The molecule has 6 rings (SSSR count). The van der Waals surface area contributed by atoms with Crippen molar-refractivity contribution < 1.29 is 13.9 Å². The lowest BCUT2D eigenvalue weighted by atomic mass is 9.80. The zero-order valence-electron chi connectivity index (χ0n) is 20.8. The Morgan fingerprint density at radius 1 is 1.17 bits per heavy atom. The van der Waals surface area contributed by atoms with Crippen LogP contribution in [0.15, 0.2) is 36.8 Å². The molecular formula is C27H29ClFN5O2. The maximum atomic E-state index is 14.9. The zero-order chi connectivity index (χ0) is 25.4. The molecule has 4 atom stereocenters. The first kappa shape index (κ1) is 23.6. The summed E-state index contributed by atoms with van der Waals surface area (Å²) in [5.74, 6) is -0.829. The molecule has 9 heteroatoms. The molecule has 4 heterocycles. The van der Waals surface area contributed by atoms with Gasteiger partial charge in [0.1, 0.15) is 29.7 Å². The predicted octanol–water partition coefficient (Wildman–Crippen LogP) is 5.77. The van der Waals surface area contributed by atoms with Crippen molar-refractivity contribution >= 4 is 39.4 Å². The van der Waals surface area contributed by atoms with Gasteiger partial charge < -0.3 is 19.8 Å². The largest absolute Gasteiger partial charge is 0.382 e. The molecule has 1 saturated heterocycles. The van der Waals surface area contributed by atoms with Crippen molar-refractivity contribution in [3.05, 3.63) is 58.9 Å². The molecule has 0 spiro atoms. The highest BCUT2D eigenvalue weighted by molar-refractivity contribution is 6.33. The lowest BCUT2D eigenvalue weighted by Crippen LogP contribution is -2.34. The van der Waals surface area contributed by atoms with Crippen molar-refractivity contribution in [3.8, 4) is 0 Å². The van der Waals surface area contributed by atoms with Gasteiger partial charge in [0.2, 0.25) is 0 Å². The van der Waals surface area contributed by atoms with Gasteiger partial charge in [0, 0.05) is 17.0 Å². The van der Waals surface area contributed by atoms with Crippen LogP contribution in [0, 0.1) is 18.2 Å². The second-order valence-corrected chi connectivity index (χ2v) is 11.3. The van der Waals surface area contributed by atoms with Gasteiger partial charge in [-0.2, -0.15) is 0 Å². The van der Waals surface area contributed by atoms with Crippen LogP contribution in [0.25, 0.3) is 21.9 Å². The maximum Gasteiger partial charge on any atom is 0.163 e. The van der Waals surface area contributed by atoms with Crippen molar-refractivity contribution in [1.29, 1.82) is 0 Å². The third-order valence-electron chi connectivity index (χ3n) is 7.85. The van der Waals surface area contributed by atoms with Crippen LogP contribution >= 0.6 is 11.6 Å². The van der Waals surface area contributed by atoms with E-state index in [1.54, 1.807) is 12.4 Å². The number of pyridine rings is 1. The van der Waals surface area contributed by atoms with Crippen LogP contribution in [0.2, 0.25) is 5.02 Å². The summed E-state index contributed by atoms with van der Waals surface area (Å²) < 4.78 is 30.0. The number of aromatic nitrogens is 4. The van der Waals surface area contributed by atoms with Crippen molar-refractivity contribution in [2.24, 2.45) is 5.41 Å². The lowest BCUT2D eigenvalue weighted by Gasteiger charge is -2.32.